The maximum absolute atomic E-state index is 11.6. The first-order valence-corrected chi connectivity index (χ1v) is 9.51. The van der Waals surface area contributed by atoms with Gasteiger partial charge in [0, 0.05) is 37.2 Å². The lowest BCUT2D eigenvalue weighted by Gasteiger charge is -2.39. The molecule has 0 bridgehead atoms. The number of ether oxygens (including phenoxy) is 4. The molecule has 0 radical (unpaired) electrons. The van der Waals surface area contributed by atoms with Crippen molar-refractivity contribution in [3.05, 3.63) is 22.9 Å². The number of carbonyl (C=O) groups is 3. The maximum Gasteiger partial charge on any atom is 0.303 e. The van der Waals surface area contributed by atoms with E-state index in [1.165, 1.54) is 38.7 Å². The summed E-state index contributed by atoms with van der Waals surface area (Å²) < 4.78 is 22.5. The molecule has 2 rings (SSSR count). The van der Waals surface area contributed by atoms with Gasteiger partial charge in [0.2, 0.25) is 0 Å². The highest BCUT2D eigenvalue weighted by atomic mass is 79.9. The van der Waals surface area contributed by atoms with Gasteiger partial charge in [0.15, 0.2) is 23.7 Å². The van der Waals surface area contributed by atoms with Gasteiger partial charge in [-0.15, -0.1) is 11.8 Å². The predicted molar refractivity (Wildman–Crippen MR) is 95.5 cm³/mol. The lowest BCUT2D eigenvalue weighted by molar-refractivity contribution is -0.186. The number of hydrogen-bond donors (Lipinski definition) is 0. The van der Waals surface area contributed by atoms with Crippen LogP contribution >= 0.6 is 27.7 Å². The number of thioether (sulfide) groups is 1. The first kappa shape index (κ1) is 20.5. The second kappa shape index (κ2) is 9.22. The van der Waals surface area contributed by atoms with Crippen molar-refractivity contribution in [2.45, 2.75) is 44.5 Å². The second-order valence-corrected chi connectivity index (χ2v) is 7.50. The van der Waals surface area contributed by atoms with Crippen molar-refractivity contribution in [1.82, 2.24) is 4.98 Å². The minimum atomic E-state index is -0.980. The van der Waals surface area contributed by atoms with Crippen molar-refractivity contribution in [1.29, 1.82) is 0 Å². The highest BCUT2D eigenvalue weighted by molar-refractivity contribution is 9.10. The van der Waals surface area contributed by atoms with Crippen LogP contribution in [-0.4, -0.2) is 52.4 Å². The average molecular weight is 448 g/mol. The van der Waals surface area contributed by atoms with E-state index in [2.05, 4.69) is 20.9 Å². The Bertz CT molecular complexity index is 686. The molecule has 0 aliphatic carbocycles. The minimum Gasteiger partial charge on any atom is -0.474 e. The monoisotopic (exact) mass is 447 g/mol. The second-order valence-electron chi connectivity index (χ2n) is 5.45. The third-order valence-electron chi connectivity index (χ3n) is 3.24. The topological polar surface area (TPSA) is 101 Å². The molecule has 26 heavy (non-hydrogen) atoms. The van der Waals surface area contributed by atoms with Gasteiger partial charge in [-0.05, 0) is 22.0 Å². The molecule has 0 spiro atoms. The molecule has 142 valence electrons. The highest BCUT2D eigenvalue weighted by Gasteiger charge is 2.47. The van der Waals surface area contributed by atoms with Crippen LogP contribution in [0.5, 0.6) is 5.75 Å². The summed E-state index contributed by atoms with van der Waals surface area (Å²) >= 11 is 4.59. The van der Waals surface area contributed by atoms with Gasteiger partial charge >= 0.3 is 17.9 Å². The molecule has 0 amide bonds. The molecular weight excluding hydrogens is 430 g/mol. The van der Waals surface area contributed by atoms with Gasteiger partial charge in [-0.2, -0.15) is 0 Å². The Morgan fingerprint density at radius 1 is 1.04 bits per heavy atom. The smallest absolute Gasteiger partial charge is 0.303 e. The van der Waals surface area contributed by atoms with Crippen LogP contribution in [0.2, 0.25) is 0 Å². The van der Waals surface area contributed by atoms with E-state index < -0.39 is 41.7 Å². The molecule has 0 saturated carbocycles. The molecule has 2 heterocycles. The Morgan fingerprint density at radius 2 is 1.65 bits per heavy atom. The van der Waals surface area contributed by atoms with E-state index in [1.54, 1.807) is 12.3 Å². The normalized spacial score (nSPS) is 25.1. The number of esters is 3. The molecule has 1 fully saturated rings. The third-order valence-corrected chi connectivity index (χ3v) is 4.88. The van der Waals surface area contributed by atoms with E-state index in [4.69, 9.17) is 18.9 Å². The Kier molecular flexibility index (Phi) is 7.27. The summed E-state index contributed by atoms with van der Waals surface area (Å²) in [6.45, 7) is 3.72. The third kappa shape index (κ3) is 5.87. The number of rotatable bonds is 5. The van der Waals surface area contributed by atoms with Gasteiger partial charge in [-0.3, -0.25) is 19.4 Å². The van der Waals surface area contributed by atoms with Gasteiger partial charge in [0.1, 0.15) is 5.75 Å². The molecule has 1 aliphatic heterocycles. The fourth-order valence-corrected chi connectivity index (χ4v) is 3.96. The zero-order chi connectivity index (χ0) is 19.3. The van der Waals surface area contributed by atoms with Crippen LogP contribution in [0.3, 0.4) is 0 Å². The Labute approximate surface area is 163 Å². The van der Waals surface area contributed by atoms with Crippen molar-refractivity contribution < 1.29 is 33.3 Å². The number of pyridine rings is 1. The van der Waals surface area contributed by atoms with Crippen LogP contribution in [0.1, 0.15) is 20.8 Å². The molecule has 1 saturated heterocycles. The van der Waals surface area contributed by atoms with Crippen LogP contribution in [0, 0.1) is 0 Å². The van der Waals surface area contributed by atoms with Gasteiger partial charge in [-0.25, -0.2) is 0 Å². The largest absolute Gasteiger partial charge is 0.474 e. The average Bonchev–Trinajstić information content (AvgIpc) is 2.51. The summed E-state index contributed by atoms with van der Waals surface area (Å²) in [7, 11) is 0. The van der Waals surface area contributed by atoms with Gasteiger partial charge in [-0.1, -0.05) is 0 Å². The Hall–Kier alpha value is -1.81. The number of hydrogen-bond acceptors (Lipinski definition) is 9. The van der Waals surface area contributed by atoms with E-state index >= 15 is 0 Å². The first-order chi connectivity index (χ1) is 12.3. The van der Waals surface area contributed by atoms with E-state index in [0.717, 1.165) is 0 Å². The Morgan fingerprint density at radius 3 is 2.23 bits per heavy atom. The zero-order valence-corrected chi connectivity index (χ0v) is 16.7. The molecule has 0 N–H and O–H groups in total. The number of nitrogens with zero attached hydrogens (tertiary/aromatic N) is 1. The summed E-state index contributed by atoms with van der Waals surface area (Å²) in [5.41, 5.74) is -0.675. The SMILES string of the molecule is CC(=O)O[C@@H]1[C@@H](OC(C)=O)[C@@H](Oc2cncc(Br)c2)SC[C@H]1OC(C)=O. The summed E-state index contributed by atoms with van der Waals surface area (Å²) in [4.78, 5) is 38.5. The van der Waals surface area contributed by atoms with Crippen LogP contribution < -0.4 is 4.74 Å². The van der Waals surface area contributed by atoms with Crippen molar-refractivity contribution in [2.75, 3.05) is 5.75 Å². The molecule has 1 aliphatic rings. The molecular formula is C16H18BrNO7S. The molecule has 1 aromatic rings. The number of aromatic nitrogens is 1. The number of carbonyl (C=O) groups excluding carboxylic acids is 3. The fraction of sp³-hybridized carbons (Fsp3) is 0.500. The molecule has 1 aromatic heterocycles. The maximum atomic E-state index is 11.6. The van der Waals surface area contributed by atoms with Crippen molar-refractivity contribution in [3.63, 3.8) is 0 Å². The van der Waals surface area contributed by atoms with Crippen LogP contribution in [0.15, 0.2) is 22.9 Å². The molecule has 4 atom stereocenters. The lowest BCUT2D eigenvalue weighted by Crippen LogP contribution is -2.55. The van der Waals surface area contributed by atoms with E-state index in [9.17, 15) is 14.4 Å². The standard InChI is InChI=1S/C16H18BrNO7S/c1-8(19)22-13-7-26-16(25-12-4-11(17)5-18-6-12)15(24-10(3)21)14(13)23-9(2)20/h4-6,13-16H,7H2,1-3H3/t13-,14+,15-,16+/m1/s1. The van der Waals surface area contributed by atoms with Gasteiger partial charge in [0.25, 0.3) is 0 Å². The van der Waals surface area contributed by atoms with E-state index in [-0.39, 0.29) is 0 Å². The van der Waals surface area contributed by atoms with Crippen LogP contribution in [0.4, 0.5) is 0 Å². The fourth-order valence-electron chi connectivity index (χ4n) is 2.40. The predicted octanol–water partition coefficient (Wildman–Crippen LogP) is 2.09. The quantitative estimate of drug-likeness (QED) is 0.495. The Balaban J connectivity index is 2.27. The molecule has 0 aromatic carbocycles. The number of halogens is 1. The van der Waals surface area contributed by atoms with Crippen LogP contribution in [-0.2, 0) is 28.6 Å². The van der Waals surface area contributed by atoms with Gasteiger partial charge in [0.05, 0.1) is 6.20 Å². The van der Waals surface area contributed by atoms with Gasteiger partial charge < -0.3 is 18.9 Å². The van der Waals surface area contributed by atoms with Crippen molar-refractivity contribution >= 4 is 45.6 Å². The molecule has 10 heteroatoms. The van der Waals surface area contributed by atoms with Crippen molar-refractivity contribution in [3.8, 4) is 5.75 Å². The first-order valence-electron chi connectivity index (χ1n) is 7.66. The molecule has 8 nitrogen and oxygen atoms in total. The zero-order valence-electron chi connectivity index (χ0n) is 14.3. The van der Waals surface area contributed by atoms with E-state index in [0.29, 0.717) is 16.0 Å². The minimum absolute atomic E-state index is 0.307. The molecule has 0 unspecified atom stereocenters. The van der Waals surface area contributed by atoms with Crippen molar-refractivity contribution in [2.24, 2.45) is 0 Å². The van der Waals surface area contributed by atoms with E-state index in [1.807, 2.05) is 0 Å². The summed E-state index contributed by atoms with van der Waals surface area (Å²) in [6, 6.07) is 1.71. The lowest BCUT2D eigenvalue weighted by atomic mass is 10.1. The highest BCUT2D eigenvalue weighted by Crippen LogP contribution is 2.34. The summed E-state index contributed by atoms with van der Waals surface area (Å²) in [6.07, 6.45) is 0.411. The summed E-state index contributed by atoms with van der Waals surface area (Å²) in [5.74, 6) is -0.927. The summed E-state index contributed by atoms with van der Waals surface area (Å²) in [5, 5.41) is 0. The van der Waals surface area contributed by atoms with Crippen LogP contribution in [0.25, 0.3) is 0 Å².